The Hall–Kier alpha value is -1.13. The Labute approximate surface area is 121 Å². The van der Waals surface area contributed by atoms with E-state index in [0.717, 1.165) is 38.2 Å². The average molecular weight is 275 g/mol. The number of ether oxygens (including phenoxy) is 1. The molecule has 2 unspecified atom stereocenters. The number of hydrogen-bond donors (Lipinski definition) is 1. The van der Waals surface area contributed by atoms with Gasteiger partial charge < -0.3 is 15.4 Å². The van der Waals surface area contributed by atoms with Gasteiger partial charge in [0, 0.05) is 38.0 Å². The van der Waals surface area contributed by atoms with Crippen molar-refractivity contribution in [3.63, 3.8) is 0 Å². The molecule has 1 aliphatic heterocycles. The van der Waals surface area contributed by atoms with Crippen molar-refractivity contribution < 1.29 is 4.74 Å². The molecule has 2 heterocycles. The smallest absolute Gasteiger partial charge is 0.133 e. The lowest BCUT2D eigenvalue weighted by Crippen LogP contribution is -2.44. The molecule has 1 saturated heterocycles. The highest BCUT2D eigenvalue weighted by molar-refractivity contribution is 5.51. The number of piperidine rings is 1. The molecule has 2 aliphatic rings. The maximum absolute atomic E-state index is 5.95. The molecule has 3 rings (SSSR count). The number of fused-ring (bicyclic) bond motifs is 1. The molecule has 110 valence electrons. The van der Waals surface area contributed by atoms with Crippen LogP contribution in [0.4, 0.5) is 5.82 Å². The van der Waals surface area contributed by atoms with Crippen LogP contribution in [0.2, 0.25) is 0 Å². The number of nitrogens with two attached hydrogens (primary N) is 1. The van der Waals surface area contributed by atoms with Crippen LogP contribution in [0.15, 0.2) is 6.07 Å². The molecule has 4 heteroatoms. The Morgan fingerprint density at radius 3 is 3.05 bits per heavy atom. The number of rotatable bonds is 3. The van der Waals surface area contributed by atoms with Gasteiger partial charge in [-0.25, -0.2) is 4.98 Å². The van der Waals surface area contributed by atoms with Gasteiger partial charge in [0.25, 0.3) is 0 Å². The Balaban J connectivity index is 1.89. The molecule has 4 nitrogen and oxygen atoms in total. The summed E-state index contributed by atoms with van der Waals surface area (Å²) in [6.07, 6.45) is 4.96. The highest BCUT2D eigenvalue weighted by Crippen LogP contribution is 2.30. The molecule has 0 saturated carbocycles. The van der Waals surface area contributed by atoms with Crippen molar-refractivity contribution in [2.24, 2.45) is 11.7 Å². The quantitative estimate of drug-likeness (QED) is 0.915. The minimum Gasteiger partial charge on any atom is -0.379 e. The topological polar surface area (TPSA) is 51.4 Å². The highest BCUT2D eigenvalue weighted by Gasteiger charge is 2.28. The predicted molar refractivity (Wildman–Crippen MR) is 80.9 cm³/mol. The van der Waals surface area contributed by atoms with Crippen molar-refractivity contribution in [3.05, 3.63) is 22.9 Å². The Morgan fingerprint density at radius 2 is 2.30 bits per heavy atom. The second-order valence-corrected chi connectivity index (χ2v) is 6.12. The van der Waals surface area contributed by atoms with E-state index < -0.39 is 0 Å². The average Bonchev–Trinajstić information content (AvgIpc) is 2.93. The van der Waals surface area contributed by atoms with Crippen LogP contribution in [0.5, 0.6) is 0 Å². The molecule has 1 aliphatic carbocycles. The normalized spacial score (nSPS) is 25.9. The Morgan fingerprint density at radius 1 is 1.45 bits per heavy atom. The zero-order valence-corrected chi connectivity index (χ0v) is 12.6. The zero-order chi connectivity index (χ0) is 14.1. The third kappa shape index (κ3) is 2.42. The van der Waals surface area contributed by atoms with Crippen LogP contribution >= 0.6 is 0 Å². The first-order valence-electron chi connectivity index (χ1n) is 7.72. The fourth-order valence-corrected chi connectivity index (χ4v) is 3.47. The van der Waals surface area contributed by atoms with Crippen LogP contribution in [-0.4, -0.2) is 31.3 Å². The molecular formula is C16H25N3O. The first kappa shape index (κ1) is 13.8. The van der Waals surface area contributed by atoms with E-state index in [0.29, 0.717) is 18.6 Å². The fraction of sp³-hybridized carbons (Fsp3) is 0.688. The van der Waals surface area contributed by atoms with Gasteiger partial charge >= 0.3 is 0 Å². The SMILES string of the molecule is COC1CN(c2nc3c(cc2CN)CCC3)CCC1C. The number of anilines is 1. The molecule has 1 fully saturated rings. The van der Waals surface area contributed by atoms with Crippen molar-refractivity contribution in [1.82, 2.24) is 4.98 Å². The second kappa shape index (κ2) is 5.70. The second-order valence-electron chi connectivity index (χ2n) is 6.12. The molecule has 0 radical (unpaired) electrons. The molecule has 2 N–H and O–H groups in total. The van der Waals surface area contributed by atoms with E-state index in [4.69, 9.17) is 15.5 Å². The number of aryl methyl sites for hydroxylation is 2. The molecule has 0 amide bonds. The molecular weight excluding hydrogens is 250 g/mol. The van der Waals surface area contributed by atoms with Gasteiger partial charge in [0.1, 0.15) is 5.82 Å². The zero-order valence-electron chi connectivity index (χ0n) is 12.6. The van der Waals surface area contributed by atoms with E-state index in [1.165, 1.54) is 23.2 Å². The number of nitrogens with zero attached hydrogens (tertiary/aromatic N) is 2. The van der Waals surface area contributed by atoms with E-state index in [-0.39, 0.29) is 0 Å². The minimum absolute atomic E-state index is 0.296. The van der Waals surface area contributed by atoms with Crippen LogP contribution in [-0.2, 0) is 24.1 Å². The van der Waals surface area contributed by atoms with E-state index in [1.54, 1.807) is 0 Å². The lowest BCUT2D eigenvalue weighted by atomic mass is 9.95. The van der Waals surface area contributed by atoms with Crippen LogP contribution in [0.25, 0.3) is 0 Å². The van der Waals surface area contributed by atoms with Crippen LogP contribution in [0, 0.1) is 5.92 Å². The maximum Gasteiger partial charge on any atom is 0.133 e. The lowest BCUT2D eigenvalue weighted by molar-refractivity contribution is 0.0496. The van der Waals surface area contributed by atoms with Crippen LogP contribution in [0.3, 0.4) is 0 Å². The van der Waals surface area contributed by atoms with E-state index in [2.05, 4.69) is 17.9 Å². The summed E-state index contributed by atoms with van der Waals surface area (Å²) in [6, 6.07) is 2.28. The fourth-order valence-electron chi connectivity index (χ4n) is 3.47. The molecule has 0 spiro atoms. The van der Waals surface area contributed by atoms with E-state index in [1.807, 2.05) is 7.11 Å². The summed E-state index contributed by atoms with van der Waals surface area (Å²) in [5.74, 6) is 1.72. The number of hydrogen-bond acceptors (Lipinski definition) is 4. The standard InChI is InChI=1S/C16H25N3O/c1-11-6-7-19(10-15(11)20-2)16-13(9-17)8-12-4-3-5-14(12)18-16/h8,11,15H,3-7,9-10,17H2,1-2H3. The van der Waals surface area contributed by atoms with Crippen molar-refractivity contribution >= 4 is 5.82 Å². The molecule has 1 aromatic rings. The number of aromatic nitrogens is 1. The van der Waals surface area contributed by atoms with E-state index >= 15 is 0 Å². The van der Waals surface area contributed by atoms with Crippen molar-refractivity contribution in [2.45, 2.75) is 45.3 Å². The third-order valence-corrected chi connectivity index (χ3v) is 4.82. The predicted octanol–water partition coefficient (Wildman–Crippen LogP) is 1.89. The third-order valence-electron chi connectivity index (χ3n) is 4.82. The highest BCUT2D eigenvalue weighted by atomic mass is 16.5. The molecule has 20 heavy (non-hydrogen) atoms. The summed E-state index contributed by atoms with van der Waals surface area (Å²) in [5.41, 5.74) is 9.83. The largest absolute Gasteiger partial charge is 0.379 e. The Bertz CT molecular complexity index is 489. The van der Waals surface area contributed by atoms with Gasteiger partial charge in [-0.3, -0.25) is 0 Å². The number of methoxy groups -OCH3 is 1. The van der Waals surface area contributed by atoms with Gasteiger partial charge in [-0.1, -0.05) is 6.92 Å². The monoisotopic (exact) mass is 275 g/mol. The molecule has 2 atom stereocenters. The van der Waals surface area contributed by atoms with Crippen LogP contribution < -0.4 is 10.6 Å². The summed E-state index contributed by atoms with van der Waals surface area (Å²) in [7, 11) is 1.81. The van der Waals surface area contributed by atoms with Gasteiger partial charge in [-0.2, -0.15) is 0 Å². The maximum atomic E-state index is 5.95. The van der Waals surface area contributed by atoms with Gasteiger partial charge in [-0.15, -0.1) is 0 Å². The summed E-state index contributed by atoms with van der Waals surface area (Å²) < 4.78 is 5.62. The molecule has 0 bridgehead atoms. The summed E-state index contributed by atoms with van der Waals surface area (Å²) >= 11 is 0. The number of pyridine rings is 1. The summed E-state index contributed by atoms with van der Waals surface area (Å²) in [6.45, 7) is 4.82. The molecule has 1 aromatic heterocycles. The van der Waals surface area contributed by atoms with Crippen LogP contribution in [0.1, 0.15) is 36.6 Å². The summed E-state index contributed by atoms with van der Waals surface area (Å²) in [5, 5.41) is 0. The summed E-state index contributed by atoms with van der Waals surface area (Å²) in [4.78, 5) is 7.30. The minimum atomic E-state index is 0.296. The van der Waals surface area contributed by atoms with Crippen molar-refractivity contribution in [3.8, 4) is 0 Å². The van der Waals surface area contributed by atoms with Gasteiger partial charge in [0.05, 0.1) is 6.10 Å². The van der Waals surface area contributed by atoms with E-state index in [9.17, 15) is 0 Å². The van der Waals surface area contributed by atoms with Crippen molar-refractivity contribution in [1.29, 1.82) is 0 Å². The van der Waals surface area contributed by atoms with Gasteiger partial charge in [0.2, 0.25) is 0 Å². The van der Waals surface area contributed by atoms with Gasteiger partial charge in [0.15, 0.2) is 0 Å². The first-order chi connectivity index (χ1) is 9.72. The van der Waals surface area contributed by atoms with Gasteiger partial charge in [-0.05, 0) is 43.2 Å². The lowest BCUT2D eigenvalue weighted by Gasteiger charge is -2.37. The first-order valence-corrected chi connectivity index (χ1v) is 7.72. The van der Waals surface area contributed by atoms with Crippen molar-refractivity contribution in [2.75, 3.05) is 25.1 Å². The Kier molecular flexibility index (Phi) is 3.94. The molecule has 0 aromatic carbocycles.